The number of carboxylic acid groups (broad SMARTS) is 1. The van der Waals surface area contributed by atoms with E-state index in [0.29, 0.717) is 19.3 Å². The predicted octanol–water partition coefficient (Wildman–Crippen LogP) is 7.96. The molecule has 15 nitrogen and oxygen atoms in total. The molecule has 0 heterocycles. The van der Waals surface area contributed by atoms with Gasteiger partial charge in [0.1, 0.15) is 18.4 Å². The number of nitrogens with two attached hydrogens (primary N) is 1. The summed E-state index contributed by atoms with van der Waals surface area (Å²) in [6.07, 6.45) is 26.9. The second kappa shape index (κ2) is 35.6. The van der Waals surface area contributed by atoms with Crippen LogP contribution in [-0.2, 0) is 42.3 Å². The van der Waals surface area contributed by atoms with Crippen LogP contribution < -0.4 is 5.73 Å². The van der Waals surface area contributed by atoms with Crippen molar-refractivity contribution in [3.63, 3.8) is 0 Å². The molecule has 0 amide bonds. The highest BCUT2D eigenvalue weighted by Gasteiger charge is 2.41. The lowest BCUT2D eigenvalue weighted by molar-refractivity contribution is -0.161. The highest BCUT2D eigenvalue weighted by molar-refractivity contribution is 7.47. The Hall–Kier alpha value is -2.75. The summed E-state index contributed by atoms with van der Waals surface area (Å²) in [5, 5.41) is 40.2. The number of rotatable bonds is 39. The van der Waals surface area contributed by atoms with E-state index < -0.39 is 87.8 Å². The number of allylic oxidation sites excluding steroid dienone is 4. The second-order valence-electron chi connectivity index (χ2n) is 16.5. The number of ketones is 1. The van der Waals surface area contributed by atoms with Crippen molar-refractivity contribution in [1.82, 2.24) is 0 Å². The lowest BCUT2D eigenvalue weighted by Crippen LogP contribution is -2.34. The number of hydrogen-bond acceptors (Lipinski definition) is 13. The molecule has 0 radical (unpaired) electrons. The highest BCUT2D eigenvalue weighted by Crippen LogP contribution is 2.43. The van der Waals surface area contributed by atoms with Gasteiger partial charge in [0.2, 0.25) is 0 Å². The van der Waals surface area contributed by atoms with Gasteiger partial charge in [-0.25, -0.2) is 4.57 Å². The number of aliphatic carboxylic acids is 1. The van der Waals surface area contributed by atoms with Crippen LogP contribution in [0, 0.1) is 11.8 Å². The number of hydrogen-bond donors (Lipinski definition) is 6. The number of ether oxygens (including phenoxy) is 2. The largest absolute Gasteiger partial charge is 0.480 e. The molecule has 358 valence electrons. The smallest absolute Gasteiger partial charge is 0.472 e. The third-order valence-corrected chi connectivity index (χ3v) is 11.8. The Bertz CT molecular complexity index is 1370. The number of aliphatic hydroxyl groups excluding tert-OH is 3. The first kappa shape index (κ1) is 57.3. The molecule has 1 aliphatic carbocycles. The fourth-order valence-electron chi connectivity index (χ4n) is 7.09. The molecule has 0 aliphatic heterocycles. The molecular formula is C46H80NO14P. The number of aliphatic hydroxyl groups is 3. The van der Waals surface area contributed by atoms with E-state index in [-0.39, 0.29) is 44.3 Å². The fourth-order valence-corrected chi connectivity index (χ4v) is 7.87. The van der Waals surface area contributed by atoms with Gasteiger partial charge < -0.3 is 40.5 Å². The fraction of sp³-hybridized carbons (Fsp3) is 0.783. The minimum Gasteiger partial charge on any atom is -0.480 e. The van der Waals surface area contributed by atoms with Crippen molar-refractivity contribution < 1.29 is 67.6 Å². The Kier molecular flexibility index (Phi) is 32.9. The van der Waals surface area contributed by atoms with Gasteiger partial charge in [0.05, 0.1) is 31.5 Å². The first-order chi connectivity index (χ1) is 29.7. The Morgan fingerprint density at radius 2 is 1.29 bits per heavy atom. The van der Waals surface area contributed by atoms with Crippen LogP contribution in [0.2, 0.25) is 0 Å². The van der Waals surface area contributed by atoms with Crippen LogP contribution in [-0.4, -0.2) is 99.3 Å². The Morgan fingerprint density at radius 1 is 0.726 bits per heavy atom. The Balaban J connectivity index is 2.50. The number of unbranched alkanes of at least 4 members (excludes halogenated alkanes) is 13. The van der Waals surface area contributed by atoms with Crippen LogP contribution in [0.5, 0.6) is 0 Å². The average Bonchev–Trinajstić information content (AvgIpc) is 3.49. The molecule has 7 N–H and O–H groups in total. The Labute approximate surface area is 370 Å². The molecule has 1 saturated carbocycles. The summed E-state index contributed by atoms with van der Waals surface area (Å²) in [7, 11) is -4.83. The van der Waals surface area contributed by atoms with Gasteiger partial charge in [-0.1, -0.05) is 115 Å². The number of Topliss-reactive ketones (excluding diaryl/α,β-unsaturated/α-hetero) is 1. The van der Waals surface area contributed by atoms with Gasteiger partial charge in [0.25, 0.3) is 0 Å². The predicted molar refractivity (Wildman–Crippen MR) is 238 cm³/mol. The van der Waals surface area contributed by atoms with Gasteiger partial charge in [-0.3, -0.25) is 28.2 Å². The SMILES string of the molecule is CCCCC/C=C\C/C=C\CCCCCCCCCC(=O)OC[C@H](COP(=O)(O)OC[C@H](N)C(=O)O)OC(=O)CCCCC(=O)C[C@@H]1[C@@H](/C=C/[C@@H](O)CCCCC)[C@H](O)C[C@@H]1O. The van der Waals surface area contributed by atoms with Crippen LogP contribution in [0.25, 0.3) is 0 Å². The lowest BCUT2D eigenvalue weighted by atomic mass is 9.87. The van der Waals surface area contributed by atoms with Crippen LogP contribution >= 0.6 is 7.82 Å². The zero-order valence-electron chi connectivity index (χ0n) is 37.5. The molecular weight excluding hydrogens is 821 g/mol. The second-order valence-corrected chi connectivity index (χ2v) is 18.0. The van der Waals surface area contributed by atoms with E-state index in [9.17, 15) is 44.0 Å². The van der Waals surface area contributed by atoms with Crippen molar-refractivity contribution in [3.8, 4) is 0 Å². The normalized spacial score (nSPS) is 20.4. The number of carbonyl (C=O) groups excluding carboxylic acids is 3. The molecule has 0 aromatic carbocycles. The standard InChI is InChI=1S/C46H80NO14P/c1-3-5-7-8-9-10-11-12-13-14-15-16-17-18-19-20-22-27-44(52)58-33-38(34-59-62(56,57)60-35-41(47)46(54)55)61-45(53)28-24-23-26-37(49)31-40-39(42(50)32-43(40)51)30-29-36(48)25-21-6-4-2/h9-10,12-13,29-30,36,38-43,48,50-51H,3-8,11,14-28,31-35,47H2,1-2H3,(H,54,55)(H,56,57)/b10-9-,13-12-,30-29+/t36-,38+,39+,40+,41-,42+,43-/m0/s1. The van der Waals surface area contributed by atoms with Crippen molar-refractivity contribution >= 4 is 31.5 Å². The van der Waals surface area contributed by atoms with E-state index >= 15 is 0 Å². The molecule has 1 unspecified atom stereocenters. The quantitative estimate of drug-likeness (QED) is 0.0148. The molecule has 8 atom stereocenters. The topological polar surface area (TPSA) is 249 Å². The monoisotopic (exact) mass is 902 g/mol. The third-order valence-electron chi connectivity index (χ3n) is 10.8. The highest BCUT2D eigenvalue weighted by atomic mass is 31.2. The molecule has 62 heavy (non-hydrogen) atoms. The van der Waals surface area contributed by atoms with E-state index in [1.54, 1.807) is 12.2 Å². The number of carbonyl (C=O) groups is 4. The molecule has 1 aliphatic rings. The third kappa shape index (κ3) is 29.6. The number of carboxylic acids is 1. The summed E-state index contributed by atoms with van der Waals surface area (Å²) in [4.78, 5) is 59.1. The van der Waals surface area contributed by atoms with E-state index in [4.69, 9.17) is 24.8 Å². The van der Waals surface area contributed by atoms with Crippen molar-refractivity contribution in [2.75, 3.05) is 19.8 Å². The summed E-state index contributed by atoms with van der Waals surface area (Å²) >= 11 is 0. The molecule has 1 rings (SSSR count). The molecule has 1 fully saturated rings. The van der Waals surface area contributed by atoms with Gasteiger partial charge in [-0.15, -0.1) is 0 Å². The van der Waals surface area contributed by atoms with Gasteiger partial charge in [-0.05, 0) is 57.8 Å². The summed E-state index contributed by atoms with van der Waals surface area (Å²) < 4.78 is 32.6. The van der Waals surface area contributed by atoms with Gasteiger partial charge in [0, 0.05) is 43.9 Å². The zero-order valence-corrected chi connectivity index (χ0v) is 38.4. The minimum atomic E-state index is -4.83. The summed E-state index contributed by atoms with van der Waals surface area (Å²) in [6.45, 7) is 2.28. The van der Waals surface area contributed by atoms with Gasteiger partial charge in [0.15, 0.2) is 6.10 Å². The minimum absolute atomic E-state index is 0.0327. The molecule has 16 heteroatoms. The first-order valence-corrected chi connectivity index (χ1v) is 24.7. The maximum absolute atomic E-state index is 12.9. The molecule has 0 spiro atoms. The van der Waals surface area contributed by atoms with Crippen LogP contribution in [0.4, 0.5) is 0 Å². The molecule has 0 saturated heterocycles. The van der Waals surface area contributed by atoms with Crippen molar-refractivity contribution in [1.29, 1.82) is 0 Å². The van der Waals surface area contributed by atoms with Gasteiger partial charge >= 0.3 is 25.7 Å². The number of phosphoric acid groups is 1. The lowest BCUT2D eigenvalue weighted by Gasteiger charge is -2.21. The van der Waals surface area contributed by atoms with Crippen molar-refractivity contribution in [2.24, 2.45) is 17.6 Å². The maximum Gasteiger partial charge on any atom is 0.472 e. The van der Waals surface area contributed by atoms with Crippen molar-refractivity contribution in [2.45, 2.75) is 198 Å². The summed E-state index contributed by atoms with van der Waals surface area (Å²) in [6, 6.07) is -1.59. The van der Waals surface area contributed by atoms with Crippen molar-refractivity contribution in [3.05, 3.63) is 36.5 Å². The molecule has 0 bridgehead atoms. The van der Waals surface area contributed by atoms with Crippen LogP contribution in [0.1, 0.15) is 168 Å². The molecule has 0 aromatic rings. The van der Waals surface area contributed by atoms with E-state index in [2.05, 4.69) is 42.7 Å². The number of esters is 2. The Morgan fingerprint density at radius 3 is 1.95 bits per heavy atom. The maximum atomic E-state index is 12.9. The van der Waals surface area contributed by atoms with E-state index in [0.717, 1.165) is 77.0 Å². The van der Waals surface area contributed by atoms with E-state index in [1.165, 1.54) is 19.3 Å². The summed E-state index contributed by atoms with van der Waals surface area (Å²) in [5.41, 5.74) is 5.32. The molecule has 0 aromatic heterocycles. The van der Waals surface area contributed by atoms with Crippen LogP contribution in [0.15, 0.2) is 36.5 Å². The number of phosphoric ester groups is 1. The zero-order chi connectivity index (χ0) is 46.0. The average molecular weight is 902 g/mol. The van der Waals surface area contributed by atoms with Gasteiger partial charge in [-0.2, -0.15) is 0 Å². The summed E-state index contributed by atoms with van der Waals surface area (Å²) in [5.74, 6) is -3.84. The first-order valence-electron chi connectivity index (χ1n) is 23.2. The van der Waals surface area contributed by atoms with E-state index in [1.807, 2.05) is 0 Å². The van der Waals surface area contributed by atoms with Crippen LogP contribution in [0.3, 0.4) is 0 Å².